The van der Waals surface area contributed by atoms with Crippen molar-refractivity contribution in [1.29, 1.82) is 0 Å². The Kier molecular flexibility index (Phi) is 7.28. The monoisotopic (exact) mass is 508 g/mol. The second-order valence-corrected chi connectivity index (χ2v) is 9.69. The van der Waals surface area contributed by atoms with Crippen LogP contribution in [0.1, 0.15) is 45.5 Å². The van der Waals surface area contributed by atoms with Crippen LogP contribution in [0.15, 0.2) is 60.7 Å². The van der Waals surface area contributed by atoms with E-state index in [0.29, 0.717) is 19.5 Å². The lowest BCUT2D eigenvalue weighted by Gasteiger charge is -2.30. The molecular formula is C29H30F2N2O4. The van der Waals surface area contributed by atoms with Crippen LogP contribution in [0.2, 0.25) is 0 Å². The first-order chi connectivity index (χ1) is 17.9. The van der Waals surface area contributed by atoms with Gasteiger partial charge in [0.15, 0.2) is 0 Å². The summed E-state index contributed by atoms with van der Waals surface area (Å²) >= 11 is 0. The molecule has 5 rings (SSSR count). The zero-order valence-electron chi connectivity index (χ0n) is 20.7. The summed E-state index contributed by atoms with van der Waals surface area (Å²) in [6, 6.07) is 17.3. The van der Waals surface area contributed by atoms with Crippen LogP contribution < -0.4 is 9.47 Å². The number of likely N-dealkylation sites (tertiary alicyclic amines) is 1. The highest BCUT2D eigenvalue weighted by molar-refractivity contribution is 6.00. The van der Waals surface area contributed by atoms with Gasteiger partial charge in [0.1, 0.15) is 35.5 Å². The van der Waals surface area contributed by atoms with E-state index in [2.05, 4.69) is 11.9 Å². The minimum Gasteiger partial charge on any atom is -0.507 e. The molecule has 2 aliphatic rings. The minimum absolute atomic E-state index is 0.0580. The van der Waals surface area contributed by atoms with Crippen molar-refractivity contribution < 1.29 is 28.2 Å². The first-order valence-electron chi connectivity index (χ1n) is 12.5. The maximum atomic E-state index is 13.6. The number of ether oxygens (including phenoxy) is 2. The average Bonchev–Trinajstić information content (AvgIpc) is 3.31. The van der Waals surface area contributed by atoms with Gasteiger partial charge in [0.25, 0.3) is 12.3 Å². The molecule has 0 spiro atoms. The summed E-state index contributed by atoms with van der Waals surface area (Å²) in [4.78, 5) is 17.4. The Morgan fingerprint density at radius 3 is 2.62 bits per heavy atom. The third kappa shape index (κ3) is 5.69. The number of hydrogen-bond donors (Lipinski definition) is 1. The van der Waals surface area contributed by atoms with E-state index in [1.807, 2.05) is 48.5 Å². The molecule has 0 unspecified atom stereocenters. The normalized spacial score (nSPS) is 17.6. The van der Waals surface area contributed by atoms with E-state index in [9.17, 15) is 18.7 Å². The Labute approximate surface area is 215 Å². The van der Waals surface area contributed by atoms with Crippen LogP contribution in [0, 0.1) is 0 Å². The lowest BCUT2D eigenvalue weighted by molar-refractivity contribution is 0.0725. The second kappa shape index (κ2) is 10.8. The Morgan fingerprint density at radius 1 is 1.08 bits per heavy atom. The number of fused-ring (bicyclic) bond motifs is 1. The van der Waals surface area contributed by atoms with E-state index in [-0.39, 0.29) is 24.0 Å². The lowest BCUT2D eigenvalue weighted by atomic mass is 9.98. The molecule has 1 fully saturated rings. The SMILES string of the molecule is CN1CC[C@H](Oc2ccc3c(c2)CN(C(=O)c2c(O)cc(C(F)F)cc2OCc2ccccc2)CC3)C1. The maximum Gasteiger partial charge on any atom is 0.264 e. The van der Waals surface area contributed by atoms with Gasteiger partial charge in [0.2, 0.25) is 0 Å². The van der Waals surface area contributed by atoms with E-state index in [1.165, 1.54) is 0 Å². The first kappa shape index (κ1) is 25.0. The molecule has 194 valence electrons. The van der Waals surface area contributed by atoms with Crippen molar-refractivity contribution in [3.8, 4) is 17.2 Å². The molecule has 0 aliphatic carbocycles. The summed E-state index contributed by atoms with van der Waals surface area (Å²) in [5.41, 5.74) is 2.41. The lowest BCUT2D eigenvalue weighted by Crippen LogP contribution is -2.36. The van der Waals surface area contributed by atoms with Crippen LogP contribution in [0.4, 0.5) is 8.78 Å². The van der Waals surface area contributed by atoms with Crippen LogP contribution in [-0.4, -0.2) is 53.6 Å². The van der Waals surface area contributed by atoms with Crippen molar-refractivity contribution in [1.82, 2.24) is 9.80 Å². The molecule has 6 nitrogen and oxygen atoms in total. The molecule has 37 heavy (non-hydrogen) atoms. The Balaban J connectivity index is 1.37. The standard InChI is InChI=1S/C29H30F2N2O4/c1-32-11-10-24(17-32)37-23-8-7-20-9-12-33(16-22(20)13-23)29(35)27-25(34)14-21(28(30)31)15-26(27)36-18-19-5-3-2-4-6-19/h2-8,13-15,24,28,34H,9-12,16-18H2,1H3/t24-/m0/s1. The van der Waals surface area contributed by atoms with E-state index in [1.54, 1.807) is 4.90 Å². The summed E-state index contributed by atoms with van der Waals surface area (Å²) in [6.07, 6.45) is -1.06. The van der Waals surface area contributed by atoms with Gasteiger partial charge in [-0.1, -0.05) is 36.4 Å². The smallest absolute Gasteiger partial charge is 0.264 e. The molecule has 2 heterocycles. The molecule has 0 saturated carbocycles. The van der Waals surface area contributed by atoms with Crippen molar-refractivity contribution in [3.05, 3.63) is 88.5 Å². The highest BCUT2D eigenvalue weighted by Gasteiger charge is 2.29. The van der Waals surface area contributed by atoms with Gasteiger partial charge in [-0.15, -0.1) is 0 Å². The van der Waals surface area contributed by atoms with E-state index >= 15 is 0 Å². The van der Waals surface area contributed by atoms with Crippen LogP contribution in [-0.2, 0) is 19.6 Å². The van der Waals surface area contributed by atoms with Gasteiger partial charge in [-0.3, -0.25) is 4.79 Å². The van der Waals surface area contributed by atoms with Crippen LogP contribution >= 0.6 is 0 Å². The van der Waals surface area contributed by atoms with Gasteiger partial charge in [-0.25, -0.2) is 8.78 Å². The number of alkyl halides is 2. The molecule has 1 saturated heterocycles. The fourth-order valence-electron chi connectivity index (χ4n) is 4.93. The molecule has 1 atom stereocenters. The first-order valence-corrected chi connectivity index (χ1v) is 12.5. The average molecular weight is 509 g/mol. The van der Waals surface area contributed by atoms with Gasteiger partial charge in [-0.2, -0.15) is 0 Å². The fourth-order valence-corrected chi connectivity index (χ4v) is 4.93. The highest BCUT2D eigenvalue weighted by Crippen LogP contribution is 2.36. The van der Waals surface area contributed by atoms with E-state index in [4.69, 9.17) is 9.47 Å². The third-order valence-corrected chi connectivity index (χ3v) is 6.93. The van der Waals surface area contributed by atoms with Gasteiger partial charge >= 0.3 is 0 Å². The second-order valence-electron chi connectivity index (χ2n) is 9.69. The number of carbonyl (C=O) groups excluding carboxylic acids is 1. The van der Waals surface area contributed by atoms with E-state index < -0.39 is 23.6 Å². The molecule has 0 bridgehead atoms. The number of aromatic hydroxyl groups is 1. The molecular weight excluding hydrogens is 478 g/mol. The van der Waals surface area contributed by atoms with Gasteiger partial charge < -0.3 is 24.4 Å². The Morgan fingerprint density at radius 2 is 1.89 bits per heavy atom. The zero-order valence-corrected chi connectivity index (χ0v) is 20.7. The zero-order chi connectivity index (χ0) is 25.9. The number of likely N-dealkylation sites (N-methyl/N-ethyl adjacent to an activating group) is 1. The summed E-state index contributed by atoms with van der Waals surface area (Å²) in [7, 11) is 2.07. The number of benzene rings is 3. The molecule has 3 aromatic carbocycles. The molecule has 0 aromatic heterocycles. The van der Waals surface area contributed by atoms with Crippen molar-refractivity contribution >= 4 is 5.91 Å². The number of halogens is 2. The Bertz CT molecular complexity index is 1270. The number of rotatable bonds is 7. The largest absolute Gasteiger partial charge is 0.507 e. The number of hydrogen-bond acceptors (Lipinski definition) is 5. The van der Waals surface area contributed by atoms with Crippen LogP contribution in [0.3, 0.4) is 0 Å². The quantitative estimate of drug-likeness (QED) is 0.476. The van der Waals surface area contributed by atoms with Crippen molar-refractivity contribution in [3.63, 3.8) is 0 Å². The summed E-state index contributed by atoms with van der Waals surface area (Å²) in [5.74, 6) is -0.267. The predicted molar refractivity (Wildman–Crippen MR) is 135 cm³/mol. The number of carbonyl (C=O) groups is 1. The number of amides is 1. The number of nitrogens with zero attached hydrogens (tertiary/aromatic N) is 2. The van der Waals surface area contributed by atoms with Gasteiger partial charge in [0, 0.05) is 31.7 Å². The molecule has 8 heteroatoms. The van der Waals surface area contributed by atoms with Crippen molar-refractivity contribution in [2.75, 3.05) is 26.7 Å². The van der Waals surface area contributed by atoms with Gasteiger partial charge in [-0.05, 0) is 60.8 Å². The summed E-state index contributed by atoms with van der Waals surface area (Å²) in [6.45, 7) is 2.71. The maximum absolute atomic E-state index is 13.6. The Hall–Kier alpha value is -3.65. The van der Waals surface area contributed by atoms with E-state index in [0.717, 1.165) is 54.1 Å². The van der Waals surface area contributed by atoms with Crippen molar-refractivity contribution in [2.24, 2.45) is 0 Å². The highest BCUT2D eigenvalue weighted by atomic mass is 19.3. The number of phenols is 1. The molecule has 3 aromatic rings. The molecule has 1 N–H and O–H groups in total. The van der Waals surface area contributed by atoms with Crippen LogP contribution in [0.25, 0.3) is 0 Å². The molecule has 0 radical (unpaired) electrons. The van der Waals surface area contributed by atoms with Crippen LogP contribution in [0.5, 0.6) is 17.2 Å². The summed E-state index contributed by atoms with van der Waals surface area (Å²) < 4.78 is 38.9. The predicted octanol–water partition coefficient (Wildman–Crippen LogP) is 5.19. The fraction of sp³-hybridized carbons (Fsp3) is 0.345. The van der Waals surface area contributed by atoms with Gasteiger partial charge in [0.05, 0.1) is 0 Å². The minimum atomic E-state index is -2.81. The molecule has 1 amide bonds. The third-order valence-electron chi connectivity index (χ3n) is 6.93. The summed E-state index contributed by atoms with van der Waals surface area (Å²) in [5, 5.41) is 10.7. The van der Waals surface area contributed by atoms with Crippen molar-refractivity contribution in [2.45, 2.75) is 38.5 Å². The topological polar surface area (TPSA) is 62.2 Å². The molecule has 2 aliphatic heterocycles. The number of phenolic OH excluding ortho intramolecular Hbond substituents is 1.